The largest absolute Gasteiger partial charge is 0.371 e. The normalized spacial score (nSPS) is 16.4. The standard InChI is InChI=1S/C15H16N4O2/c1-20-14(10-4-5-10)15-17-13(19-21-15)7-9-2-3-11-8-16-18-12(11)6-9/h2-3,6,8,10,14H,4-5,7H2,1H3,(H,16,18). The Labute approximate surface area is 121 Å². The molecular formula is C15H16N4O2. The molecule has 0 spiro atoms. The van der Waals surface area contributed by atoms with Crippen molar-refractivity contribution in [3.05, 3.63) is 41.7 Å². The van der Waals surface area contributed by atoms with Gasteiger partial charge < -0.3 is 9.26 Å². The van der Waals surface area contributed by atoms with E-state index in [1.54, 1.807) is 7.11 Å². The van der Waals surface area contributed by atoms with Crippen molar-refractivity contribution in [1.29, 1.82) is 0 Å². The zero-order valence-corrected chi connectivity index (χ0v) is 11.7. The molecule has 2 aromatic heterocycles. The Morgan fingerprint density at radius 1 is 1.43 bits per heavy atom. The van der Waals surface area contributed by atoms with Crippen molar-refractivity contribution in [2.24, 2.45) is 5.92 Å². The number of aromatic nitrogens is 4. The minimum absolute atomic E-state index is 0.0543. The molecule has 1 saturated carbocycles. The van der Waals surface area contributed by atoms with Crippen molar-refractivity contribution in [3.8, 4) is 0 Å². The van der Waals surface area contributed by atoms with Gasteiger partial charge in [-0.3, -0.25) is 5.10 Å². The van der Waals surface area contributed by atoms with Gasteiger partial charge in [0.1, 0.15) is 6.10 Å². The first-order valence-corrected chi connectivity index (χ1v) is 7.11. The predicted octanol–water partition coefficient (Wildman–Crippen LogP) is 2.63. The van der Waals surface area contributed by atoms with Crippen molar-refractivity contribution in [3.63, 3.8) is 0 Å². The first kappa shape index (κ1) is 12.5. The minimum atomic E-state index is -0.0543. The fraction of sp³-hybridized carbons (Fsp3) is 0.400. The number of aromatic amines is 1. The molecule has 1 aliphatic rings. The maximum Gasteiger partial charge on any atom is 0.256 e. The number of hydrogen-bond donors (Lipinski definition) is 1. The Kier molecular flexibility index (Phi) is 2.96. The lowest BCUT2D eigenvalue weighted by Crippen LogP contribution is -2.04. The molecule has 1 aromatic carbocycles. The topological polar surface area (TPSA) is 76.8 Å². The molecular weight excluding hydrogens is 268 g/mol. The van der Waals surface area contributed by atoms with Crippen LogP contribution in [0.4, 0.5) is 0 Å². The molecule has 108 valence electrons. The fourth-order valence-electron chi connectivity index (χ4n) is 2.63. The second kappa shape index (κ2) is 4.96. The summed E-state index contributed by atoms with van der Waals surface area (Å²) in [6, 6.07) is 6.16. The van der Waals surface area contributed by atoms with E-state index in [1.165, 1.54) is 12.8 Å². The average molecular weight is 284 g/mol. The van der Waals surface area contributed by atoms with E-state index in [2.05, 4.69) is 32.5 Å². The summed E-state index contributed by atoms with van der Waals surface area (Å²) in [4.78, 5) is 4.48. The first-order chi connectivity index (χ1) is 10.3. The first-order valence-electron chi connectivity index (χ1n) is 7.11. The van der Waals surface area contributed by atoms with Crippen LogP contribution < -0.4 is 0 Å². The number of hydrogen-bond acceptors (Lipinski definition) is 5. The molecule has 1 unspecified atom stereocenters. The number of ether oxygens (including phenoxy) is 1. The average Bonchev–Trinajstić information content (AvgIpc) is 3.04. The summed E-state index contributed by atoms with van der Waals surface area (Å²) >= 11 is 0. The number of methoxy groups -OCH3 is 1. The smallest absolute Gasteiger partial charge is 0.256 e. The number of benzene rings is 1. The van der Waals surface area contributed by atoms with Gasteiger partial charge in [0.25, 0.3) is 5.89 Å². The quantitative estimate of drug-likeness (QED) is 0.779. The molecule has 0 amide bonds. The molecule has 1 N–H and O–H groups in total. The molecule has 6 nitrogen and oxygen atoms in total. The number of nitrogens with one attached hydrogen (secondary N) is 1. The number of fused-ring (bicyclic) bond motifs is 1. The molecule has 0 saturated heterocycles. The van der Waals surface area contributed by atoms with E-state index in [0.29, 0.717) is 24.1 Å². The SMILES string of the molecule is COC(c1nc(Cc2ccc3cn[nH]c3c2)no1)C1CC1. The third-order valence-electron chi connectivity index (χ3n) is 3.90. The van der Waals surface area contributed by atoms with E-state index in [4.69, 9.17) is 9.26 Å². The molecule has 0 bridgehead atoms. The Hall–Kier alpha value is -2.21. The van der Waals surface area contributed by atoms with Crippen LogP contribution in [-0.4, -0.2) is 27.4 Å². The van der Waals surface area contributed by atoms with Gasteiger partial charge in [0.2, 0.25) is 0 Å². The fourth-order valence-corrected chi connectivity index (χ4v) is 2.63. The molecule has 1 aliphatic carbocycles. The Morgan fingerprint density at radius 2 is 2.33 bits per heavy atom. The van der Waals surface area contributed by atoms with Crippen LogP contribution in [0.25, 0.3) is 10.9 Å². The van der Waals surface area contributed by atoms with Crippen LogP contribution >= 0.6 is 0 Å². The Balaban J connectivity index is 1.55. The third kappa shape index (κ3) is 2.42. The lowest BCUT2D eigenvalue weighted by atomic mass is 10.1. The summed E-state index contributed by atoms with van der Waals surface area (Å²) < 4.78 is 10.8. The van der Waals surface area contributed by atoms with E-state index >= 15 is 0 Å². The third-order valence-corrected chi connectivity index (χ3v) is 3.90. The van der Waals surface area contributed by atoms with E-state index in [0.717, 1.165) is 16.5 Å². The van der Waals surface area contributed by atoms with Gasteiger partial charge in [0, 0.05) is 18.9 Å². The van der Waals surface area contributed by atoms with E-state index < -0.39 is 0 Å². The Morgan fingerprint density at radius 3 is 3.14 bits per heavy atom. The van der Waals surface area contributed by atoms with Crippen LogP contribution in [0.1, 0.15) is 36.2 Å². The van der Waals surface area contributed by atoms with Crippen molar-refractivity contribution in [2.45, 2.75) is 25.4 Å². The van der Waals surface area contributed by atoms with Crippen molar-refractivity contribution in [2.75, 3.05) is 7.11 Å². The monoisotopic (exact) mass is 284 g/mol. The van der Waals surface area contributed by atoms with E-state index in [9.17, 15) is 0 Å². The maximum absolute atomic E-state index is 5.46. The van der Waals surface area contributed by atoms with Crippen LogP contribution in [0.2, 0.25) is 0 Å². The van der Waals surface area contributed by atoms with Crippen LogP contribution in [-0.2, 0) is 11.2 Å². The lowest BCUT2D eigenvalue weighted by molar-refractivity contribution is 0.0561. The van der Waals surface area contributed by atoms with Crippen molar-refractivity contribution >= 4 is 10.9 Å². The summed E-state index contributed by atoms with van der Waals surface area (Å²) in [5, 5.41) is 12.2. The Bertz CT molecular complexity index is 760. The minimum Gasteiger partial charge on any atom is -0.371 e. The van der Waals surface area contributed by atoms with Gasteiger partial charge in [-0.05, 0) is 30.4 Å². The molecule has 4 rings (SSSR count). The molecule has 3 aromatic rings. The highest BCUT2D eigenvalue weighted by Crippen LogP contribution is 2.42. The summed E-state index contributed by atoms with van der Waals surface area (Å²) in [7, 11) is 1.69. The van der Waals surface area contributed by atoms with Gasteiger partial charge in [-0.2, -0.15) is 10.1 Å². The van der Waals surface area contributed by atoms with E-state index in [-0.39, 0.29) is 6.10 Å². The van der Waals surface area contributed by atoms with Crippen LogP contribution in [0.3, 0.4) is 0 Å². The second-order valence-corrected chi connectivity index (χ2v) is 5.51. The molecule has 0 aliphatic heterocycles. The van der Waals surface area contributed by atoms with Gasteiger partial charge >= 0.3 is 0 Å². The summed E-state index contributed by atoms with van der Waals surface area (Å²) in [6.07, 6.45) is 4.74. The number of rotatable bonds is 5. The molecule has 1 atom stereocenters. The van der Waals surface area contributed by atoms with Crippen molar-refractivity contribution < 1.29 is 9.26 Å². The predicted molar refractivity (Wildman–Crippen MR) is 75.7 cm³/mol. The second-order valence-electron chi connectivity index (χ2n) is 5.51. The highest BCUT2D eigenvalue weighted by atomic mass is 16.5. The highest BCUT2D eigenvalue weighted by molar-refractivity contribution is 5.78. The van der Waals surface area contributed by atoms with Gasteiger partial charge in [-0.1, -0.05) is 17.3 Å². The zero-order chi connectivity index (χ0) is 14.2. The molecule has 21 heavy (non-hydrogen) atoms. The van der Waals surface area contributed by atoms with Crippen LogP contribution in [0.5, 0.6) is 0 Å². The molecule has 2 heterocycles. The van der Waals surface area contributed by atoms with Crippen LogP contribution in [0.15, 0.2) is 28.9 Å². The van der Waals surface area contributed by atoms with E-state index in [1.807, 2.05) is 12.3 Å². The summed E-state index contributed by atoms with van der Waals surface area (Å²) in [6.45, 7) is 0. The van der Waals surface area contributed by atoms with Gasteiger partial charge in [-0.15, -0.1) is 0 Å². The maximum atomic E-state index is 5.46. The van der Waals surface area contributed by atoms with Gasteiger partial charge in [0.05, 0.1) is 11.7 Å². The lowest BCUT2D eigenvalue weighted by Gasteiger charge is -2.07. The molecule has 6 heteroatoms. The van der Waals surface area contributed by atoms with Crippen LogP contribution in [0, 0.1) is 5.92 Å². The summed E-state index contributed by atoms with van der Waals surface area (Å²) in [5.74, 6) is 1.81. The summed E-state index contributed by atoms with van der Waals surface area (Å²) in [5.41, 5.74) is 2.14. The highest BCUT2D eigenvalue weighted by Gasteiger charge is 2.36. The zero-order valence-electron chi connectivity index (χ0n) is 11.7. The number of H-pyrrole nitrogens is 1. The molecule has 1 fully saturated rings. The van der Waals surface area contributed by atoms with Crippen molar-refractivity contribution in [1.82, 2.24) is 20.3 Å². The number of nitrogens with zero attached hydrogens (tertiary/aromatic N) is 3. The van der Waals surface area contributed by atoms with Gasteiger partial charge in [0.15, 0.2) is 5.82 Å². The van der Waals surface area contributed by atoms with Gasteiger partial charge in [-0.25, -0.2) is 0 Å². The molecule has 0 radical (unpaired) electrons.